The van der Waals surface area contributed by atoms with Crippen molar-refractivity contribution < 1.29 is 9.90 Å². The number of rotatable bonds is 8. The van der Waals surface area contributed by atoms with Crippen molar-refractivity contribution in [3.05, 3.63) is 30.6 Å². The van der Waals surface area contributed by atoms with Crippen LogP contribution in [-0.4, -0.2) is 50.4 Å². The number of hydrogen-bond acceptors (Lipinski definition) is 6. The van der Waals surface area contributed by atoms with Gasteiger partial charge in [-0.25, -0.2) is 19.7 Å². The van der Waals surface area contributed by atoms with Crippen LogP contribution >= 0.6 is 0 Å². The topological polar surface area (TPSA) is 117 Å². The molecule has 1 aromatic carbocycles. The molecule has 0 radical (unpaired) electrons. The third-order valence-corrected chi connectivity index (χ3v) is 4.10. The lowest BCUT2D eigenvalue weighted by Crippen LogP contribution is -2.29. The van der Waals surface area contributed by atoms with Gasteiger partial charge in [0.1, 0.15) is 5.52 Å². The third kappa shape index (κ3) is 4.55. The molecule has 3 rings (SSSR count). The monoisotopic (exact) mass is 383 g/mol. The fraction of sp³-hybridized carbons (Fsp3) is 0.368. The highest BCUT2D eigenvalue weighted by Gasteiger charge is 2.13. The van der Waals surface area contributed by atoms with E-state index in [4.69, 9.17) is 5.11 Å². The van der Waals surface area contributed by atoms with E-state index in [0.29, 0.717) is 48.0 Å². The summed E-state index contributed by atoms with van der Waals surface area (Å²) in [4.78, 5) is 25.5. The number of aromatic nitrogens is 4. The Morgan fingerprint density at radius 2 is 2.11 bits per heavy atom. The van der Waals surface area contributed by atoms with Gasteiger partial charge in [-0.1, -0.05) is 19.1 Å². The lowest BCUT2D eigenvalue weighted by atomic mass is 10.2. The molecule has 2 heterocycles. The Hall–Kier alpha value is -3.20. The van der Waals surface area contributed by atoms with Gasteiger partial charge in [0.15, 0.2) is 17.3 Å². The summed E-state index contributed by atoms with van der Waals surface area (Å²) in [6.45, 7) is 3.30. The highest BCUT2D eigenvalue weighted by atomic mass is 16.3. The number of aryl methyl sites for hydroxylation is 1. The molecule has 0 aliphatic rings. The summed E-state index contributed by atoms with van der Waals surface area (Å²) in [6.07, 6.45) is 3.18. The molecule has 0 fully saturated rings. The molecule has 2 amide bonds. The molecule has 0 unspecified atom stereocenters. The Bertz CT molecular complexity index is 955. The summed E-state index contributed by atoms with van der Waals surface area (Å²) in [6, 6.07) is 7.15. The van der Waals surface area contributed by atoms with Crippen molar-refractivity contribution in [2.45, 2.75) is 19.8 Å². The fourth-order valence-electron chi connectivity index (χ4n) is 2.69. The fourth-order valence-corrected chi connectivity index (χ4v) is 2.69. The van der Waals surface area contributed by atoms with Crippen LogP contribution in [0.1, 0.15) is 19.8 Å². The predicted molar refractivity (Wildman–Crippen MR) is 109 cm³/mol. The summed E-state index contributed by atoms with van der Waals surface area (Å²) >= 11 is 0. The average Bonchev–Trinajstić information content (AvgIpc) is 3.08. The number of nitrogens with zero attached hydrogens (tertiary/aromatic N) is 4. The van der Waals surface area contributed by atoms with E-state index < -0.39 is 0 Å². The summed E-state index contributed by atoms with van der Waals surface area (Å²) < 4.78 is 1.83. The molecule has 0 aliphatic carbocycles. The largest absolute Gasteiger partial charge is 0.396 e. The van der Waals surface area contributed by atoms with Crippen LogP contribution in [0.3, 0.4) is 0 Å². The van der Waals surface area contributed by atoms with E-state index in [9.17, 15) is 4.79 Å². The van der Waals surface area contributed by atoms with Crippen molar-refractivity contribution in [1.82, 2.24) is 24.8 Å². The van der Waals surface area contributed by atoms with Gasteiger partial charge in [-0.15, -0.1) is 0 Å². The molecule has 0 atom stereocenters. The molecule has 0 spiro atoms. The highest BCUT2D eigenvalue weighted by Crippen LogP contribution is 2.25. The molecule has 28 heavy (non-hydrogen) atoms. The van der Waals surface area contributed by atoms with Gasteiger partial charge >= 0.3 is 6.03 Å². The minimum absolute atomic E-state index is 0.101. The Morgan fingerprint density at radius 1 is 1.25 bits per heavy atom. The number of anilines is 2. The maximum absolute atomic E-state index is 11.9. The number of urea groups is 1. The normalized spacial score (nSPS) is 10.8. The number of benzene rings is 1. The standard InChI is InChI=1S/C19H25N7O2/c1-3-8-21-19(28)23-14-7-4-6-13(11-14)16-24-17(20-9-5-10-27)15-18(25-16)26(2)12-22-15/h4,6-7,11-12,27H,3,5,8-10H2,1-2H3,(H,20,24,25)(H2,21,23,28). The molecular weight excluding hydrogens is 358 g/mol. The summed E-state index contributed by atoms with van der Waals surface area (Å²) in [5.41, 5.74) is 2.82. The van der Waals surface area contributed by atoms with Crippen molar-refractivity contribution in [2.75, 3.05) is 30.3 Å². The molecule has 0 aliphatic heterocycles. The van der Waals surface area contributed by atoms with Gasteiger partial charge in [0.05, 0.1) is 6.33 Å². The first kappa shape index (κ1) is 19.6. The second-order valence-corrected chi connectivity index (χ2v) is 6.39. The van der Waals surface area contributed by atoms with E-state index in [1.807, 2.05) is 42.8 Å². The lowest BCUT2D eigenvalue weighted by molar-refractivity contribution is 0.252. The van der Waals surface area contributed by atoms with Crippen LogP contribution in [0.4, 0.5) is 16.3 Å². The molecule has 3 aromatic rings. The van der Waals surface area contributed by atoms with Crippen molar-refractivity contribution in [3.63, 3.8) is 0 Å². The van der Waals surface area contributed by atoms with Crippen LogP contribution < -0.4 is 16.0 Å². The number of aliphatic hydroxyl groups is 1. The van der Waals surface area contributed by atoms with Crippen molar-refractivity contribution in [2.24, 2.45) is 7.05 Å². The van der Waals surface area contributed by atoms with Crippen molar-refractivity contribution in [3.8, 4) is 11.4 Å². The third-order valence-electron chi connectivity index (χ3n) is 4.10. The van der Waals surface area contributed by atoms with Gasteiger partial charge in [0.2, 0.25) is 0 Å². The predicted octanol–water partition coefficient (Wildman–Crippen LogP) is 2.36. The second kappa shape index (κ2) is 9.14. The zero-order chi connectivity index (χ0) is 19.9. The van der Waals surface area contributed by atoms with E-state index in [2.05, 4.69) is 30.9 Å². The number of fused-ring (bicyclic) bond motifs is 1. The smallest absolute Gasteiger partial charge is 0.319 e. The number of amides is 2. The van der Waals surface area contributed by atoms with Crippen LogP contribution in [0.5, 0.6) is 0 Å². The molecule has 9 heteroatoms. The zero-order valence-electron chi connectivity index (χ0n) is 16.1. The quantitative estimate of drug-likeness (QED) is 0.444. The first-order chi connectivity index (χ1) is 13.6. The number of carbonyl (C=O) groups is 1. The van der Waals surface area contributed by atoms with Crippen LogP contribution in [0.25, 0.3) is 22.6 Å². The van der Waals surface area contributed by atoms with Crippen molar-refractivity contribution >= 4 is 28.7 Å². The Labute approximate surface area is 163 Å². The minimum atomic E-state index is -0.242. The number of imidazole rings is 1. The molecule has 9 nitrogen and oxygen atoms in total. The van der Waals surface area contributed by atoms with Crippen LogP contribution in [0.15, 0.2) is 30.6 Å². The SMILES string of the molecule is CCCNC(=O)Nc1cccc(-c2nc(NCCCO)c3ncn(C)c3n2)c1. The van der Waals surface area contributed by atoms with E-state index >= 15 is 0 Å². The number of carbonyl (C=O) groups excluding carboxylic acids is 1. The zero-order valence-corrected chi connectivity index (χ0v) is 16.1. The summed E-state index contributed by atoms with van der Waals surface area (Å²) in [7, 11) is 1.87. The van der Waals surface area contributed by atoms with E-state index in [1.54, 1.807) is 6.33 Å². The van der Waals surface area contributed by atoms with Gasteiger partial charge < -0.3 is 25.6 Å². The molecular formula is C19H25N7O2. The van der Waals surface area contributed by atoms with E-state index in [1.165, 1.54) is 0 Å². The second-order valence-electron chi connectivity index (χ2n) is 6.39. The average molecular weight is 383 g/mol. The Kier molecular flexibility index (Phi) is 6.38. The molecule has 0 bridgehead atoms. The molecule has 148 valence electrons. The first-order valence-electron chi connectivity index (χ1n) is 9.31. The van der Waals surface area contributed by atoms with Crippen LogP contribution in [0, 0.1) is 0 Å². The van der Waals surface area contributed by atoms with Gasteiger partial charge in [-0.3, -0.25) is 0 Å². The Morgan fingerprint density at radius 3 is 2.89 bits per heavy atom. The van der Waals surface area contributed by atoms with Gasteiger partial charge in [0, 0.05) is 38.0 Å². The van der Waals surface area contributed by atoms with Crippen LogP contribution in [0.2, 0.25) is 0 Å². The lowest BCUT2D eigenvalue weighted by Gasteiger charge is -2.10. The van der Waals surface area contributed by atoms with Gasteiger partial charge in [-0.05, 0) is 25.0 Å². The molecule has 0 saturated carbocycles. The Balaban J connectivity index is 1.91. The molecule has 4 N–H and O–H groups in total. The maximum atomic E-state index is 11.9. The highest BCUT2D eigenvalue weighted by molar-refractivity contribution is 5.90. The van der Waals surface area contributed by atoms with Gasteiger partial charge in [0.25, 0.3) is 0 Å². The van der Waals surface area contributed by atoms with E-state index in [0.717, 1.165) is 12.0 Å². The number of nitrogens with one attached hydrogen (secondary N) is 3. The molecule has 2 aromatic heterocycles. The van der Waals surface area contributed by atoms with Crippen molar-refractivity contribution in [1.29, 1.82) is 0 Å². The van der Waals surface area contributed by atoms with Crippen LogP contribution in [-0.2, 0) is 7.05 Å². The number of aliphatic hydroxyl groups excluding tert-OH is 1. The van der Waals surface area contributed by atoms with E-state index in [-0.39, 0.29) is 12.6 Å². The van der Waals surface area contributed by atoms with Gasteiger partial charge in [-0.2, -0.15) is 0 Å². The minimum Gasteiger partial charge on any atom is -0.396 e. The summed E-state index contributed by atoms with van der Waals surface area (Å²) in [5, 5.41) is 17.8. The molecule has 0 saturated heterocycles. The number of hydrogen-bond donors (Lipinski definition) is 4. The first-order valence-corrected chi connectivity index (χ1v) is 9.31. The summed E-state index contributed by atoms with van der Waals surface area (Å²) in [5.74, 6) is 1.15. The maximum Gasteiger partial charge on any atom is 0.319 e.